The lowest BCUT2D eigenvalue weighted by atomic mass is 10.1. The number of carbonyl (C=O) groups excluding carboxylic acids is 2. The van der Waals surface area contributed by atoms with Crippen molar-refractivity contribution in [1.29, 1.82) is 0 Å². The Bertz CT molecular complexity index is 1080. The van der Waals surface area contributed by atoms with Crippen molar-refractivity contribution < 1.29 is 19.1 Å². The van der Waals surface area contributed by atoms with Crippen LogP contribution in [0.15, 0.2) is 42.5 Å². The summed E-state index contributed by atoms with van der Waals surface area (Å²) in [5, 5.41) is 6.60. The predicted octanol–water partition coefficient (Wildman–Crippen LogP) is 4.12. The molecule has 0 saturated heterocycles. The molecule has 1 aliphatic rings. The number of amides is 2. The van der Waals surface area contributed by atoms with Crippen molar-refractivity contribution in [1.82, 2.24) is 4.98 Å². The van der Waals surface area contributed by atoms with Gasteiger partial charge in [-0.1, -0.05) is 11.6 Å². The lowest BCUT2D eigenvalue weighted by Crippen LogP contribution is -2.25. The normalized spacial score (nSPS) is 12.6. The molecule has 0 spiro atoms. The van der Waals surface area contributed by atoms with E-state index in [2.05, 4.69) is 15.6 Å². The van der Waals surface area contributed by atoms with Gasteiger partial charge >= 0.3 is 0 Å². The van der Waals surface area contributed by atoms with Crippen LogP contribution in [0.4, 0.5) is 10.8 Å². The Balaban J connectivity index is 1.44. The van der Waals surface area contributed by atoms with E-state index in [-0.39, 0.29) is 25.0 Å². The minimum Gasteiger partial charge on any atom is -0.484 e. The molecule has 0 unspecified atom stereocenters. The van der Waals surface area contributed by atoms with Gasteiger partial charge in [-0.15, -0.1) is 11.3 Å². The number of nitrogens with zero attached hydrogens (tertiary/aromatic N) is 1. The quantitative estimate of drug-likeness (QED) is 0.636. The van der Waals surface area contributed by atoms with E-state index in [0.29, 0.717) is 27.3 Å². The third kappa shape index (κ3) is 4.49. The van der Waals surface area contributed by atoms with E-state index in [1.54, 1.807) is 30.3 Å². The summed E-state index contributed by atoms with van der Waals surface area (Å²) in [6.45, 7) is 1.79. The van der Waals surface area contributed by atoms with Crippen molar-refractivity contribution in [3.63, 3.8) is 0 Å². The van der Waals surface area contributed by atoms with Crippen LogP contribution < -0.4 is 20.1 Å². The standard InChI is InChI=1S/C20H16ClN3O4S/c1-11-19(12-2-7-16-15(8-12)22-17(25)10-28-16)24-20(29-11)23-18(26)9-27-14-5-3-13(21)4-6-14/h2-8H,9-10H2,1H3,(H,22,25)(H,23,24,26). The smallest absolute Gasteiger partial charge is 0.264 e. The van der Waals surface area contributed by atoms with Crippen LogP contribution in [0.3, 0.4) is 0 Å². The average molecular weight is 430 g/mol. The van der Waals surface area contributed by atoms with E-state index in [1.165, 1.54) is 11.3 Å². The van der Waals surface area contributed by atoms with Gasteiger partial charge < -0.3 is 14.8 Å². The first-order valence-corrected chi connectivity index (χ1v) is 9.90. The van der Waals surface area contributed by atoms with Gasteiger partial charge in [0.2, 0.25) is 0 Å². The van der Waals surface area contributed by atoms with E-state index in [9.17, 15) is 9.59 Å². The highest BCUT2D eigenvalue weighted by Crippen LogP contribution is 2.36. The second-order valence-electron chi connectivity index (χ2n) is 6.26. The summed E-state index contributed by atoms with van der Waals surface area (Å²) >= 11 is 7.19. The average Bonchev–Trinajstić information content (AvgIpc) is 3.07. The summed E-state index contributed by atoms with van der Waals surface area (Å²) in [6, 6.07) is 12.2. The first-order valence-electron chi connectivity index (χ1n) is 8.70. The Morgan fingerprint density at radius 3 is 2.90 bits per heavy atom. The van der Waals surface area contributed by atoms with Crippen molar-refractivity contribution in [3.8, 4) is 22.8 Å². The number of nitrogens with one attached hydrogen (secondary N) is 2. The Hall–Kier alpha value is -3.10. The summed E-state index contributed by atoms with van der Waals surface area (Å²) in [6.07, 6.45) is 0. The first kappa shape index (κ1) is 19.2. The third-order valence-electron chi connectivity index (χ3n) is 4.11. The number of ether oxygens (including phenoxy) is 2. The van der Waals surface area contributed by atoms with Crippen LogP contribution >= 0.6 is 22.9 Å². The zero-order valence-corrected chi connectivity index (χ0v) is 16.9. The maximum atomic E-state index is 12.2. The van der Waals surface area contributed by atoms with Gasteiger partial charge in [-0.05, 0) is 49.4 Å². The van der Waals surface area contributed by atoms with Gasteiger partial charge in [0.25, 0.3) is 11.8 Å². The number of halogens is 1. The molecule has 0 saturated carbocycles. The fourth-order valence-corrected chi connectivity index (χ4v) is 3.76. The monoisotopic (exact) mass is 429 g/mol. The van der Waals surface area contributed by atoms with Gasteiger partial charge in [0.05, 0.1) is 11.4 Å². The molecule has 0 fully saturated rings. The van der Waals surface area contributed by atoms with E-state index < -0.39 is 0 Å². The van der Waals surface area contributed by atoms with E-state index in [0.717, 1.165) is 16.1 Å². The van der Waals surface area contributed by atoms with Crippen LogP contribution in [0, 0.1) is 6.92 Å². The summed E-state index contributed by atoms with van der Waals surface area (Å²) in [4.78, 5) is 29.2. The fourth-order valence-electron chi connectivity index (χ4n) is 2.78. The predicted molar refractivity (Wildman–Crippen MR) is 112 cm³/mol. The molecule has 1 aromatic heterocycles. The fraction of sp³-hybridized carbons (Fsp3) is 0.150. The number of aromatic nitrogens is 1. The molecule has 2 N–H and O–H groups in total. The minimum absolute atomic E-state index is 0.0103. The molecule has 2 heterocycles. The van der Waals surface area contributed by atoms with Gasteiger partial charge in [0.1, 0.15) is 11.5 Å². The van der Waals surface area contributed by atoms with Gasteiger partial charge in [-0.2, -0.15) is 0 Å². The molecule has 7 nitrogen and oxygen atoms in total. The van der Waals surface area contributed by atoms with Crippen LogP contribution in [0.2, 0.25) is 5.02 Å². The highest BCUT2D eigenvalue weighted by molar-refractivity contribution is 7.16. The van der Waals surface area contributed by atoms with Crippen molar-refractivity contribution in [2.75, 3.05) is 23.8 Å². The molecule has 2 aromatic carbocycles. The summed E-state index contributed by atoms with van der Waals surface area (Å²) in [5.74, 6) is 0.664. The molecule has 29 heavy (non-hydrogen) atoms. The molecule has 0 radical (unpaired) electrons. The number of rotatable bonds is 5. The van der Waals surface area contributed by atoms with E-state index in [1.807, 2.05) is 19.1 Å². The summed E-state index contributed by atoms with van der Waals surface area (Å²) < 4.78 is 10.8. The number of carbonyl (C=O) groups is 2. The van der Waals surface area contributed by atoms with Crippen molar-refractivity contribution in [2.45, 2.75) is 6.92 Å². The Morgan fingerprint density at radius 1 is 1.31 bits per heavy atom. The zero-order chi connectivity index (χ0) is 20.4. The number of hydrogen-bond acceptors (Lipinski definition) is 6. The van der Waals surface area contributed by atoms with E-state index >= 15 is 0 Å². The molecule has 2 amide bonds. The minimum atomic E-state index is -0.314. The number of hydrogen-bond donors (Lipinski definition) is 2. The second-order valence-corrected chi connectivity index (χ2v) is 7.90. The maximum Gasteiger partial charge on any atom is 0.264 e. The van der Waals surface area contributed by atoms with Crippen LogP contribution in [0.1, 0.15) is 4.88 Å². The Kier molecular flexibility index (Phi) is 5.37. The van der Waals surface area contributed by atoms with Gasteiger partial charge in [0.15, 0.2) is 18.3 Å². The third-order valence-corrected chi connectivity index (χ3v) is 5.25. The van der Waals surface area contributed by atoms with E-state index in [4.69, 9.17) is 21.1 Å². The molecule has 0 aliphatic carbocycles. The Morgan fingerprint density at radius 2 is 2.10 bits per heavy atom. The maximum absolute atomic E-state index is 12.2. The summed E-state index contributed by atoms with van der Waals surface area (Å²) in [5.41, 5.74) is 2.15. The number of thiazole rings is 1. The molecule has 9 heteroatoms. The second kappa shape index (κ2) is 8.10. The van der Waals surface area contributed by atoms with Crippen molar-refractivity contribution in [3.05, 3.63) is 52.4 Å². The molecule has 1 aliphatic heterocycles. The highest BCUT2D eigenvalue weighted by Gasteiger charge is 2.18. The van der Waals surface area contributed by atoms with Gasteiger partial charge in [-0.3, -0.25) is 14.9 Å². The molecule has 4 rings (SSSR count). The largest absolute Gasteiger partial charge is 0.484 e. The van der Waals surface area contributed by atoms with Crippen LogP contribution in [0.5, 0.6) is 11.5 Å². The van der Waals surface area contributed by atoms with Crippen LogP contribution in [-0.4, -0.2) is 30.0 Å². The topological polar surface area (TPSA) is 89.5 Å². The molecule has 148 valence electrons. The highest BCUT2D eigenvalue weighted by atomic mass is 35.5. The molecular weight excluding hydrogens is 414 g/mol. The van der Waals surface area contributed by atoms with Crippen LogP contribution in [-0.2, 0) is 9.59 Å². The lowest BCUT2D eigenvalue weighted by molar-refractivity contribution is -0.119. The first-order chi connectivity index (χ1) is 14.0. The lowest BCUT2D eigenvalue weighted by Gasteiger charge is -2.18. The zero-order valence-electron chi connectivity index (χ0n) is 15.3. The SMILES string of the molecule is Cc1sc(NC(=O)COc2ccc(Cl)cc2)nc1-c1ccc2c(c1)NC(=O)CO2. The summed E-state index contributed by atoms with van der Waals surface area (Å²) in [7, 11) is 0. The number of anilines is 2. The molecule has 3 aromatic rings. The number of aryl methyl sites for hydroxylation is 1. The number of benzene rings is 2. The van der Waals surface area contributed by atoms with Crippen molar-refractivity contribution in [2.24, 2.45) is 0 Å². The number of fused-ring (bicyclic) bond motifs is 1. The van der Waals surface area contributed by atoms with Crippen LogP contribution in [0.25, 0.3) is 11.3 Å². The van der Waals surface area contributed by atoms with Gasteiger partial charge in [-0.25, -0.2) is 4.98 Å². The van der Waals surface area contributed by atoms with Crippen molar-refractivity contribution >= 4 is 45.6 Å². The molecule has 0 atom stereocenters. The molecular formula is C20H16ClN3O4S. The Labute approximate surface area is 175 Å². The van der Waals surface area contributed by atoms with Gasteiger partial charge in [0, 0.05) is 15.5 Å². The molecule has 0 bridgehead atoms.